The predicted molar refractivity (Wildman–Crippen MR) is 141 cm³/mol. The maximum Gasteiger partial charge on any atom is 0.266 e. The number of halogens is 2. The van der Waals surface area contributed by atoms with Crippen LogP contribution >= 0.6 is 34.2 Å². The Morgan fingerprint density at radius 2 is 1.88 bits per heavy atom. The average molecular weight is 589 g/mol. The molecule has 0 unspecified atom stereocenters. The maximum absolute atomic E-state index is 12.7. The predicted octanol–water partition coefficient (Wildman–Crippen LogP) is 6.48. The fourth-order valence-electron chi connectivity index (χ4n) is 3.03. The van der Waals surface area contributed by atoms with Crippen LogP contribution in [0.5, 0.6) is 17.2 Å². The van der Waals surface area contributed by atoms with E-state index in [9.17, 15) is 10.1 Å². The molecule has 1 amide bonds. The molecule has 34 heavy (non-hydrogen) atoms. The van der Waals surface area contributed by atoms with Crippen LogP contribution in [0.15, 0.2) is 66.2 Å². The Labute approximate surface area is 217 Å². The highest BCUT2D eigenvalue weighted by Crippen LogP contribution is 2.34. The molecule has 0 aliphatic rings. The summed E-state index contributed by atoms with van der Waals surface area (Å²) in [5, 5.41) is 12.9. The van der Waals surface area contributed by atoms with Gasteiger partial charge in [0.1, 0.15) is 24.0 Å². The average Bonchev–Trinajstić information content (AvgIpc) is 2.84. The molecular formula is C26H22ClIN2O4. The van der Waals surface area contributed by atoms with Crippen molar-refractivity contribution in [2.45, 2.75) is 13.5 Å². The second-order valence-electron chi connectivity index (χ2n) is 7.00. The first-order chi connectivity index (χ1) is 16.4. The van der Waals surface area contributed by atoms with Crippen LogP contribution in [0.25, 0.3) is 6.08 Å². The summed E-state index contributed by atoms with van der Waals surface area (Å²) in [7, 11) is 1.54. The third-order valence-electron chi connectivity index (χ3n) is 4.68. The van der Waals surface area contributed by atoms with Crippen LogP contribution in [0.4, 0.5) is 5.69 Å². The molecule has 0 saturated carbocycles. The SMILES string of the molecule is CCOc1c(I)cc(/C=C(\C#N)C(=O)Nc2ccc(OCc3ccccc3Cl)cc2)cc1OC. The Balaban J connectivity index is 1.69. The monoisotopic (exact) mass is 588 g/mol. The number of nitrogens with one attached hydrogen (secondary N) is 1. The number of hydrogen-bond acceptors (Lipinski definition) is 5. The van der Waals surface area contributed by atoms with Gasteiger partial charge < -0.3 is 19.5 Å². The molecule has 0 bridgehead atoms. The van der Waals surface area contributed by atoms with Crippen molar-refractivity contribution in [1.29, 1.82) is 5.26 Å². The maximum atomic E-state index is 12.7. The topological polar surface area (TPSA) is 80.6 Å². The van der Waals surface area contributed by atoms with Crippen LogP contribution in [0.1, 0.15) is 18.1 Å². The quantitative estimate of drug-likeness (QED) is 0.176. The van der Waals surface area contributed by atoms with Gasteiger partial charge in [0.05, 0.1) is 17.3 Å². The van der Waals surface area contributed by atoms with Crippen LogP contribution in [0, 0.1) is 14.9 Å². The molecule has 3 aromatic carbocycles. The van der Waals surface area contributed by atoms with Gasteiger partial charge in [-0.3, -0.25) is 4.79 Å². The van der Waals surface area contributed by atoms with Crippen LogP contribution in [0.2, 0.25) is 5.02 Å². The minimum absolute atomic E-state index is 0.0407. The number of carbonyl (C=O) groups is 1. The summed E-state index contributed by atoms with van der Waals surface area (Å²) >= 11 is 8.28. The summed E-state index contributed by atoms with van der Waals surface area (Å²) in [6.45, 7) is 2.72. The summed E-state index contributed by atoms with van der Waals surface area (Å²) < 4.78 is 17.6. The van der Waals surface area contributed by atoms with E-state index in [1.807, 2.05) is 43.3 Å². The van der Waals surface area contributed by atoms with Gasteiger partial charge in [-0.1, -0.05) is 29.8 Å². The van der Waals surface area contributed by atoms with E-state index in [-0.39, 0.29) is 5.57 Å². The zero-order chi connectivity index (χ0) is 24.5. The summed E-state index contributed by atoms with van der Waals surface area (Å²) in [5.41, 5.74) is 2.03. The molecule has 0 spiro atoms. The van der Waals surface area contributed by atoms with Crippen LogP contribution in [0.3, 0.4) is 0 Å². The minimum atomic E-state index is -0.518. The largest absolute Gasteiger partial charge is 0.493 e. The number of nitriles is 1. The number of methoxy groups -OCH3 is 1. The van der Waals surface area contributed by atoms with E-state index >= 15 is 0 Å². The van der Waals surface area contributed by atoms with Crippen molar-refractivity contribution in [1.82, 2.24) is 0 Å². The van der Waals surface area contributed by atoms with Crippen molar-refractivity contribution in [3.63, 3.8) is 0 Å². The molecule has 0 aliphatic carbocycles. The molecule has 8 heteroatoms. The number of carbonyl (C=O) groups excluding carboxylic acids is 1. The molecule has 174 valence electrons. The number of amides is 1. The molecule has 0 atom stereocenters. The molecule has 0 saturated heterocycles. The van der Waals surface area contributed by atoms with Crippen molar-refractivity contribution in [3.05, 3.63) is 86.0 Å². The molecular weight excluding hydrogens is 567 g/mol. The van der Waals surface area contributed by atoms with E-state index in [1.54, 1.807) is 37.4 Å². The van der Waals surface area contributed by atoms with Crippen molar-refractivity contribution in [2.75, 3.05) is 19.0 Å². The van der Waals surface area contributed by atoms with Gasteiger partial charge in [-0.15, -0.1) is 0 Å². The van der Waals surface area contributed by atoms with E-state index in [4.69, 9.17) is 25.8 Å². The zero-order valence-corrected chi connectivity index (χ0v) is 21.5. The van der Waals surface area contributed by atoms with Crippen molar-refractivity contribution >= 4 is 51.9 Å². The van der Waals surface area contributed by atoms with Crippen molar-refractivity contribution in [3.8, 4) is 23.3 Å². The normalized spacial score (nSPS) is 10.9. The lowest BCUT2D eigenvalue weighted by Crippen LogP contribution is -2.13. The van der Waals surface area contributed by atoms with Crippen molar-refractivity contribution in [2.24, 2.45) is 0 Å². The van der Waals surface area contributed by atoms with E-state index in [0.717, 1.165) is 9.13 Å². The van der Waals surface area contributed by atoms with Gasteiger partial charge in [0.2, 0.25) is 0 Å². The Hall–Kier alpha value is -3.22. The summed E-state index contributed by atoms with van der Waals surface area (Å²) in [6, 6.07) is 19.9. The van der Waals surface area contributed by atoms with Crippen LogP contribution in [-0.2, 0) is 11.4 Å². The summed E-state index contributed by atoms with van der Waals surface area (Å²) in [4.78, 5) is 12.7. The lowest BCUT2D eigenvalue weighted by molar-refractivity contribution is -0.112. The van der Waals surface area contributed by atoms with Gasteiger partial charge in [0, 0.05) is 16.3 Å². The molecule has 6 nitrogen and oxygen atoms in total. The summed E-state index contributed by atoms with van der Waals surface area (Å²) in [6.07, 6.45) is 1.51. The van der Waals surface area contributed by atoms with Gasteiger partial charge in [0.25, 0.3) is 5.91 Å². The minimum Gasteiger partial charge on any atom is -0.493 e. The molecule has 0 heterocycles. The van der Waals surface area contributed by atoms with Gasteiger partial charge in [-0.2, -0.15) is 5.26 Å². The van der Waals surface area contributed by atoms with E-state index in [0.29, 0.717) is 46.7 Å². The number of hydrogen-bond donors (Lipinski definition) is 1. The van der Waals surface area contributed by atoms with E-state index in [1.165, 1.54) is 6.08 Å². The number of nitrogens with zero attached hydrogens (tertiary/aromatic N) is 1. The highest BCUT2D eigenvalue weighted by atomic mass is 127. The summed E-state index contributed by atoms with van der Waals surface area (Å²) in [5.74, 6) is 1.27. The fourth-order valence-corrected chi connectivity index (χ4v) is 4.00. The Morgan fingerprint density at radius 3 is 2.53 bits per heavy atom. The highest BCUT2D eigenvalue weighted by molar-refractivity contribution is 14.1. The Kier molecular flexibility index (Phi) is 9.19. The second-order valence-corrected chi connectivity index (χ2v) is 8.56. The molecule has 0 aromatic heterocycles. The molecule has 1 N–H and O–H groups in total. The third-order valence-corrected chi connectivity index (χ3v) is 5.85. The van der Waals surface area contributed by atoms with E-state index < -0.39 is 5.91 Å². The third kappa shape index (κ3) is 6.65. The molecule has 3 rings (SSSR count). The first-order valence-corrected chi connectivity index (χ1v) is 11.8. The highest BCUT2D eigenvalue weighted by Gasteiger charge is 2.14. The first-order valence-electron chi connectivity index (χ1n) is 10.3. The van der Waals surface area contributed by atoms with E-state index in [2.05, 4.69) is 27.9 Å². The molecule has 0 radical (unpaired) electrons. The first kappa shape index (κ1) is 25.4. The standard InChI is InChI=1S/C26H22ClIN2O4/c1-3-33-25-23(28)13-17(14-24(25)32-2)12-19(15-29)26(31)30-20-8-10-21(11-9-20)34-16-18-6-4-5-7-22(18)27/h4-14H,3,16H2,1-2H3,(H,30,31)/b19-12+. The second kappa shape index (κ2) is 12.3. The number of rotatable bonds is 9. The van der Waals surface area contributed by atoms with Crippen molar-refractivity contribution < 1.29 is 19.0 Å². The van der Waals surface area contributed by atoms with Crippen LogP contribution in [-0.4, -0.2) is 19.6 Å². The van der Waals surface area contributed by atoms with Gasteiger partial charge >= 0.3 is 0 Å². The number of anilines is 1. The smallest absolute Gasteiger partial charge is 0.266 e. The molecule has 0 aliphatic heterocycles. The number of ether oxygens (including phenoxy) is 3. The lowest BCUT2D eigenvalue weighted by atomic mass is 10.1. The van der Waals surface area contributed by atoms with Gasteiger partial charge in [-0.25, -0.2) is 0 Å². The molecule has 3 aromatic rings. The fraction of sp³-hybridized carbons (Fsp3) is 0.154. The zero-order valence-electron chi connectivity index (χ0n) is 18.6. The van der Waals surface area contributed by atoms with Gasteiger partial charge in [0.15, 0.2) is 11.5 Å². The lowest BCUT2D eigenvalue weighted by Gasteiger charge is -2.12. The van der Waals surface area contributed by atoms with Gasteiger partial charge in [-0.05, 0) is 83.6 Å². The Bertz CT molecular complexity index is 1240. The number of benzene rings is 3. The molecule has 0 fully saturated rings. The Morgan fingerprint density at radius 1 is 1.15 bits per heavy atom. The van der Waals surface area contributed by atoms with Crippen LogP contribution < -0.4 is 19.5 Å².